The highest BCUT2D eigenvalue weighted by molar-refractivity contribution is 5.78. The first-order valence-electron chi connectivity index (χ1n) is 4.30. The second kappa shape index (κ2) is 3.90. The Hall–Kier alpha value is -0.570. The summed E-state index contributed by atoms with van der Waals surface area (Å²) in [5, 5.41) is 0. The summed E-state index contributed by atoms with van der Waals surface area (Å²) in [6.45, 7) is 8.21. The first-order chi connectivity index (χ1) is 5.33. The lowest BCUT2D eigenvalue weighted by atomic mass is 10.0. The number of carbonyl (C=O) groups excluding carboxylic acids is 1. The molecule has 3 heteroatoms. The maximum atomic E-state index is 11.5. The Morgan fingerprint density at radius 3 is 2.17 bits per heavy atom. The fourth-order valence-corrected chi connectivity index (χ4v) is 0.823. The zero-order chi connectivity index (χ0) is 9.94. The SMILES string of the molecule is CC(C)C(=O)N(C)C(C)(C)CN. The molecule has 0 heterocycles. The minimum atomic E-state index is -0.235. The van der Waals surface area contributed by atoms with Gasteiger partial charge in [-0.15, -0.1) is 0 Å². The normalized spacial score (nSPS) is 11.9. The molecule has 0 aromatic rings. The van der Waals surface area contributed by atoms with Crippen molar-refractivity contribution in [3.05, 3.63) is 0 Å². The largest absolute Gasteiger partial charge is 0.339 e. The lowest BCUT2D eigenvalue weighted by Crippen LogP contribution is -2.51. The number of nitrogens with two attached hydrogens (primary N) is 1. The first kappa shape index (κ1) is 11.4. The predicted molar refractivity (Wildman–Crippen MR) is 50.7 cm³/mol. The highest BCUT2D eigenvalue weighted by Crippen LogP contribution is 2.13. The van der Waals surface area contributed by atoms with Crippen LogP contribution in [0.4, 0.5) is 0 Å². The minimum Gasteiger partial charge on any atom is -0.339 e. The number of carbonyl (C=O) groups is 1. The maximum absolute atomic E-state index is 11.5. The molecular formula is C9H20N2O. The van der Waals surface area contributed by atoms with Gasteiger partial charge in [-0.3, -0.25) is 4.79 Å². The van der Waals surface area contributed by atoms with Gasteiger partial charge in [-0.25, -0.2) is 0 Å². The third-order valence-corrected chi connectivity index (χ3v) is 2.23. The van der Waals surface area contributed by atoms with E-state index in [4.69, 9.17) is 5.73 Å². The van der Waals surface area contributed by atoms with Crippen LogP contribution in [0.2, 0.25) is 0 Å². The monoisotopic (exact) mass is 172 g/mol. The molecule has 0 rings (SSSR count). The summed E-state index contributed by atoms with van der Waals surface area (Å²) in [6, 6.07) is 0. The van der Waals surface area contributed by atoms with Gasteiger partial charge in [-0.1, -0.05) is 13.8 Å². The van der Waals surface area contributed by atoms with Gasteiger partial charge < -0.3 is 10.6 Å². The Morgan fingerprint density at radius 2 is 1.92 bits per heavy atom. The van der Waals surface area contributed by atoms with E-state index in [-0.39, 0.29) is 17.4 Å². The van der Waals surface area contributed by atoms with Crippen LogP contribution >= 0.6 is 0 Å². The highest BCUT2D eigenvalue weighted by Gasteiger charge is 2.27. The van der Waals surface area contributed by atoms with Crippen LogP contribution in [-0.2, 0) is 4.79 Å². The molecule has 0 aliphatic carbocycles. The van der Waals surface area contributed by atoms with Crippen molar-refractivity contribution in [1.82, 2.24) is 4.90 Å². The van der Waals surface area contributed by atoms with E-state index in [9.17, 15) is 4.79 Å². The Labute approximate surface area is 74.9 Å². The number of rotatable bonds is 3. The van der Waals surface area contributed by atoms with Crippen molar-refractivity contribution in [2.75, 3.05) is 13.6 Å². The lowest BCUT2D eigenvalue weighted by molar-refractivity contribution is -0.137. The topological polar surface area (TPSA) is 46.3 Å². The molecule has 0 fully saturated rings. The molecule has 2 N–H and O–H groups in total. The average Bonchev–Trinajstić information content (AvgIpc) is 2.01. The van der Waals surface area contributed by atoms with Gasteiger partial charge in [0.1, 0.15) is 0 Å². The van der Waals surface area contributed by atoms with Crippen molar-refractivity contribution in [3.8, 4) is 0 Å². The fourth-order valence-electron chi connectivity index (χ4n) is 0.823. The van der Waals surface area contributed by atoms with E-state index >= 15 is 0 Å². The molecule has 0 aliphatic heterocycles. The van der Waals surface area contributed by atoms with Crippen molar-refractivity contribution < 1.29 is 4.79 Å². The molecule has 3 nitrogen and oxygen atoms in total. The second-order valence-electron chi connectivity index (χ2n) is 4.07. The predicted octanol–water partition coefficient (Wildman–Crippen LogP) is 0.838. The molecule has 72 valence electrons. The third-order valence-electron chi connectivity index (χ3n) is 2.23. The van der Waals surface area contributed by atoms with E-state index in [1.807, 2.05) is 27.7 Å². The van der Waals surface area contributed by atoms with Gasteiger partial charge >= 0.3 is 0 Å². The average molecular weight is 172 g/mol. The second-order valence-corrected chi connectivity index (χ2v) is 4.07. The van der Waals surface area contributed by atoms with Crippen LogP contribution in [0, 0.1) is 5.92 Å². The van der Waals surface area contributed by atoms with Crippen LogP contribution in [0.5, 0.6) is 0 Å². The number of hydrogen-bond acceptors (Lipinski definition) is 2. The minimum absolute atomic E-state index is 0.0424. The Kier molecular flexibility index (Phi) is 3.71. The van der Waals surface area contributed by atoms with Gasteiger partial charge in [-0.2, -0.15) is 0 Å². The van der Waals surface area contributed by atoms with Crippen molar-refractivity contribution >= 4 is 5.91 Å². The molecule has 0 atom stereocenters. The lowest BCUT2D eigenvalue weighted by Gasteiger charge is -2.35. The molecule has 12 heavy (non-hydrogen) atoms. The van der Waals surface area contributed by atoms with E-state index in [1.165, 1.54) is 0 Å². The summed E-state index contributed by atoms with van der Waals surface area (Å²) in [6.07, 6.45) is 0. The summed E-state index contributed by atoms with van der Waals surface area (Å²) in [4.78, 5) is 13.2. The molecular weight excluding hydrogens is 152 g/mol. The van der Waals surface area contributed by atoms with E-state index < -0.39 is 0 Å². The van der Waals surface area contributed by atoms with Crippen LogP contribution in [-0.4, -0.2) is 29.9 Å². The van der Waals surface area contributed by atoms with Gasteiger partial charge in [0.25, 0.3) is 0 Å². The molecule has 0 saturated heterocycles. The Bertz CT molecular complexity index is 164. The molecule has 0 saturated carbocycles. The van der Waals surface area contributed by atoms with Crippen molar-refractivity contribution in [3.63, 3.8) is 0 Å². The summed E-state index contributed by atoms with van der Waals surface area (Å²) in [5.74, 6) is 0.186. The molecule has 0 bridgehead atoms. The maximum Gasteiger partial charge on any atom is 0.225 e. The Morgan fingerprint density at radius 1 is 1.50 bits per heavy atom. The summed E-state index contributed by atoms with van der Waals surface area (Å²) in [7, 11) is 1.80. The van der Waals surface area contributed by atoms with Crippen molar-refractivity contribution in [2.24, 2.45) is 11.7 Å². The molecule has 0 aliphatic rings. The highest BCUT2D eigenvalue weighted by atomic mass is 16.2. The summed E-state index contributed by atoms with van der Waals surface area (Å²) in [5.41, 5.74) is 5.32. The zero-order valence-electron chi connectivity index (χ0n) is 8.72. The van der Waals surface area contributed by atoms with E-state index in [0.29, 0.717) is 6.54 Å². The third kappa shape index (κ3) is 2.48. The zero-order valence-corrected chi connectivity index (χ0v) is 8.72. The molecule has 1 amide bonds. The molecule has 0 aromatic carbocycles. The van der Waals surface area contributed by atoms with Crippen molar-refractivity contribution in [1.29, 1.82) is 0 Å². The van der Waals surface area contributed by atoms with Crippen LogP contribution in [0.1, 0.15) is 27.7 Å². The number of hydrogen-bond donors (Lipinski definition) is 1. The van der Waals surface area contributed by atoms with E-state index in [0.717, 1.165) is 0 Å². The first-order valence-corrected chi connectivity index (χ1v) is 4.30. The molecule has 0 unspecified atom stereocenters. The smallest absolute Gasteiger partial charge is 0.225 e. The van der Waals surface area contributed by atoms with Gasteiger partial charge in [0.15, 0.2) is 0 Å². The van der Waals surface area contributed by atoms with E-state index in [1.54, 1.807) is 11.9 Å². The van der Waals surface area contributed by atoms with Crippen LogP contribution < -0.4 is 5.73 Å². The van der Waals surface area contributed by atoms with Crippen molar-refractivity contribution in [2.45, 2.75) is 33.2 Å². The fraction of sp³-hybridized carbons (Fsp3) is 0.889. The number of likely N-dealkylation sites (N-methyl/N-ethyl adjacent to an activating group) is 1. The van der Waals surface area contributed by atoms with Crippen LogP contribution in [0.15, 0.2) is 0 Å². The summed E-state index contributed by atoms with van der Waals surface area (Å²) < 4.78 is 0. The Balaban J connectivity index is 4.38. The molecule has 0 aromatic heterocycles. The van der Waals surface area contributed by atoms with Gasteiger partial charge in [0.2, 0.25) is 5.91 Å². The quantitative estimate of drug-likeness (QED) is 0.685. The van der Waals surface area contributed by atoms with Gasteiger partial charge in [0.05, 0.1) is 0 Å². The van der Waals surface area contributed by atoms with Gasteiger partial charge in [-0.05, 0) is 13.8 Å². The standard InChI is InChI=1S/C9H20N2O/c1-7(2)8(12)11(5)9(3,4)6-10/h7H,6,10H2,1-5H3. The van der Waals surface area contributed by atoms with Gasteiger partial charge in [0, 0.05) is 25.0 Å². The summed E-state index contributed by atoms with van der Waals surface area (Å²) >= 11 is 0. The number of nitrogens with zero attached hydrogens (tertiary/aromatic N) is 1. The van der Waals surface area contributed by atoms with E-state index in [2.05, 4.69) is 0 Å². The molecule has 0 spiro atoms. The molecule has 0 radical (unpaired) electrons. The van der Waals surface area contributed by atoms with Crippen LogP contribution in [0.25, 0.3) is 0 Å². The van der Waals surface area contributed by atoms with Crippen LogP contribution in [0.3, 0.4) is 0 Å². The number of amides is 1.